The Morgan fingerprint density at radius 3 is 2.40 bits per heavy atom. The molecule has 35 heavy (non-hydrogen) atoms. The van der Waals surface area contributed by atoms with E-state index in [1.807, 2.05) is 73.1 Å². The van der Waals surface area contributed by atoms with Crippen LogP contribution in [0.15, 0.2) is 54.6 Å². The maximum Gasteiger partial charge on any atom is 0.227 e. The van der Waals surface area contributed by atoms with E-state index in [4.69, 9.17) is 4.74 Å². The van der Waals surface area contributed by atoms with E-state index in [2.05, 4.69) is 20.6 Å². The summed E-state index contributed by atoms with van der Waals surface area (Å²) in [4.78, 5) is 27.7. The number of ether oxygens (including phenoxy) is 1. The standard InChI is InChI=1S/C27H33N5O3/c1-19-26(20(2)32(30-19)22-9-5-4-6-10-22)29-25(33)15-18-31-16-13-21(14-17-31)27(34)28-23-11-7-8-12-24(23)35-3/h4-12,21H,13-18H2,1-3H3,(H,28,34)(H,29,33). The van der Waals surface area contributed by atoms with Gasteiger partial charge >= 0.3 is 0 Å². The zero-order chi connectivity index (χ0) is 24.8. The van der Waals surface area contributed by atoms with Crippen molar-refractivity contribution in [2.45, 2.75) is 33.1 Å². The summed E-state index contributed by atoms with van der Waals surface area (Å²) in [5, 5.41) is 10.6. The number of methoxy groups -OCH3 is 1. The lowest BCUT2D eigenvalue weighted by Crippen LogP contribution is -2.39. The average Bonchev–Trinajstić information content (AvgIpc) is 3.17. The van der Waals surface area contributed by atoms with Crippen LogP contribution in [0.1, 0.15) is 30.7 Å². The first kappa shape index (κ1) is 24.5. The van der Waals surface area contributed by atoms with Crippen molar-refractivity contribution in [2.75, 3.05) is 37.4 Å². The van der Waals surface area contributed by atoms with Crippen LogP contribution >= 0.6 is 0 Å². The van der Waals surface area contributed by atoms with Gasteiger partial charge in [0.15, 0.2) is 0 Å². The number of anilines is 2. The Morgan fingerprint density at radius 2 is 1.69 bits per heavy atom. The molecule has 2 heterocycles. The lowest BCUT2D eigenvalue weighted by molar-refractivity contribution is -0.121. The first-order chi connectivity index (χ1) is 17.0. The number of benzene rings is 2. The minimum atomic E-state index is -0.0425. The number of nitrogens with zero attached hydrogens (tertiary/aromatic N) is 3. The van der Waals surface area contributed by atoms with Gasteiger partial charge in [0.05, 0.1) is 35.6 Å². The van der Waals surface area contributed by atoms with Gasteiger partial charge in [0.1, 0.15) is 5.75 Å². The third-order valence-corrected chi connectivity index (χ3v) is 6.53. The molecule has 4 rings (SSSR count). The van der Waals surface area contributed by atoms with Gasteiger partial charge in [-0.15, -0.1) is 0 Å². The second kappa shape index (κ2) is 11.2. The molecule has 0 saturated carbocycles. The van der Waals surface area contributed by atoms with Gasteiger partial charge in [-0.2, -0.15) is 5.10 Å². The topological polar surface area (TPSA) is 88.5 Å². The monoisotopic (exact) mass is 475 g/mol. The number of rotatable bonds is 8. The fraction of sp³-hybridized carbons (Fsp3) is 0.370. The van der Waals surface area contributed by atoms with Gasteiger partial charge < -0.3 is 20.3 Å². The number of hydrogen-bond donors (Lipinski definition) is 2. The van der Waals surface area contributed by atoms with E-state index in [0.29, 0.717) is 24.4 Å². The van der Waals surface area contributed by atoms with Crippen LogP contribution in [0.5, 0.6) is 5.75 Å². The van der Waals surface area contributed by atoms with E-state index in [1.54, 1.807) is 7.11 Å². The number of para-hydroxylation sites is 3. The Bertz CT molecular complexity index is 1170. The first-order valence-electron chi connectivity index (χ1n) is 12.0. The van der Waals surface area contributed by atoms with E-state index in [1.165, 1.54) is 0 Å². The zero-order valence-electron chi connectivity index (χ0n) is 20.6. The van der Waals surface area contributed by atoms with Crippen LogP contribution in [0.25, 0.3) is 5.69 Å². The van der Waals surface area contributed by atoms with E-state index >= 15 is 0 Å². The van der Waals surface area contributed by atoms with Crippen LogP contribution in [0.3, 0.4) is 0 Å². The van der Waals surface area contributed by atoms with Crippen molar-refractivity contribution in [1.82, 2.24) is 14.7 Å². The molecule has 8 heteroatoms. The Hall–Kier alpha value is -3.65. The fourth-order valence-corrected chi connectivity index (χ4v) is 4.51. The molecule has 1 aliphatic heterocycles. The molecule has 0 atom stereocenters. The first-order valence-corrected chi connectivity index (χ1v) is 12.0. The second-order valence-electron chi connectivity index (χ2n) is 8.90. The van der Waals surface area contributed by atoms with Crippen molar-refractivity contribution >= 4 is 23.2 Å². The van der Waals surface area contributed by atoms with Gasteiger partial charge in [0.25, 0.3) is 0 Å². The molecule has 0 bridgehead atoms. The molecule has 8 nitrogen and oxygen atoms in total. The normalized spacial score (nSPS) is 14.5. The minimum absolute atomic E-state index is 0.0215. The molecule has 3 aromatic rings. The van der Waals surface area contributed by atoms with Crippen molar-refractivity contribution in [3.05, 3.63) is 66.0 Å². The molecular weight excluding hydrogens is 442 g/mol. The molecule has 2 N–H and O–H groups in total. The summed E-state index contributed by atoms with van der Waals surface area (Å²) in [5.74, 6) is 0.608. The highest BCUT2D eigenvalue weighted by Gasteiger charge is 2.26. The molecular formula is C27H33N5O3. The quantitative estimate of drug-likeness (QED) is 0.510. The summed E-state index contributed by atoms with van der Waals surface area (Å²) in [6, 6.07) is 17.3. The van der Waals surface area contributed by atoms with Crippen molar-refractivity contribution in [3.8, 4) is 11.4 Å². The largest absolute Gasteiger partial charge is 0.495 e. The van der Waals surface area contributed by atoms with Crippen LogP contribution in [-0.2, 0) is 9.59 Å². The Balaban J connectivity index is 1.25. The summed E-state index contributed by atoms with van der Waals surface area (Å²) in [6.45, 7) is 6.12. The van der Waals surface area contributed by atoms with Crippen LogP contribution in [-0.4, -0.2) is 53.2 Å². The van der Waals surface area contributed by atoms with Gasteiger partial charge in [-0.1, -0.05) is 30.3 Å². The van der Waals surface area contributed by atoms with Crippen molar-refractivity contribution in [2.24, 2.45) is 5.92 Å². The molecule has 1 aromatic heterocycles. The average molecular weight is 476 g/mol. The van der Waals surface area contributed by atoms with Crippen LogP contribution < -0.4 is 15.4 Å². The van der Waals surface area contributed by atoms with Gasteiger partial charge in [-0.05, 0) is 64.0 Å². The van der Waals surface area contributed by atoms with Gasteiger partial charge in [-0.3, -0.25) is 9.59 Å². The number of nitrogens with one attached hydrogen (secondary N) is 2. The molecule has 0 spiro atoms. The number of carbonyl (C=O) groups is 2. The minimum Gasteiger partial charge on any atom is -0.495 e. The third-order valence-electron chi connectivity index (χ3n) is 6.53. The molecule has 0 unspecified atom stereocenters. The van der Waals surface area contributed by atoms with Crippen LogP contribution in [0.4, 0.5) is 11.4 Å². The van der Waals surface area contributed by atoms with E-state index < -0.39 is 0 Å². The smallest absolute Gasteiger partial charge is 0.227 e. The SMILES string of the molecule is COc1ccccc1NC(=O)C1CCN(CCC(=O)Nc2c(C)nn(-c3ccccc3)c2C)CC1. The number of carbonyl (C=O) groups excluding carboxylic acids is 2. The van der Waals surface area contributed by atoms with Gasteiger partial charge in [-0.25, -0.2) is 4.68 Å². The molecule has 2 aromatic carbocycles. The number of aromatic nitrogens is 2. The zero-order valence-corrected chi connectivity index (χ0v) is 20.6. The summed E-state index contributed by atoms with van der Waals surface area (Å²) < 4.78 is 7.17. The predicted octanol–water partition coefficient (Wildman–Crippen LogP) is 4.18. The number of likely N-dealkylation sites (tertiary alicyclic amines) is 1. The Kier molecular flexibility index (Phi) is 7.82. The van der Waals surface area contributed by atoms with Crippen molar-refractivity contribution in [3.63, 3.8) is 0 Å². The summed E-state index contributed by atoms with van der Waals surface area (Å²) >= 11 is 0. The number of aryl methyl sites for hydroxylation is 1. The second-order valence-corrected chi connectivity index (χ2v) is 8.90. The number of amides is 2. The Morgan fingerprint density at radius 1 is 1.00 bits per heavy atom. The molecule has 0 aliphatic carbocycles. The third kappa shape index (κ3) is 5.89. The summed E-state index contributed by atoms with van der Waals surface area (Å²) in [7, 11) is 1.59. The molecule has 1 saturated heterocycles. The number of piperidine rings is 1. The van der Waals surface area contributed by atoms with Crippen molar-refractivity contribution in [1.29, 1.82) is 0 Å². The Labute approximate surface area is 206 Å². The molecule has 2 amide bonds. The molecule has 184 valence electrons. The predicted molar refractivity (Wildman–Crippen MR) is 137 cm³/mol. The van der Waals surface area contributed by atoms with Crippen LogP contribution in [0.2, 0.25) is 0 Å². The van der Waals surface area contributed by atoms with Crippen molar-refractivity contribution < 1.29 is 14.3 Å². The maximum absolute atomic E-state index is 12.7. The summed E-state index contributed by atoms with van der Waals surface area (Å²) in [6.07, 6.45) is 1.93. The molecule has 0 radical (unpaired) electrons. The molecule has 1 fully saturated rings. The van der Waals surface area contributed by atoms with Gasteiger partial charge in [0, 0.05) is 18.9 Å². The van der Waals surface area contributed by atoms with E-state index in [9.17, 15) is 9.59 Å². The van der Waals surface area contributed by atoms with Crippen LogP contribution in [0, 0.1) is 19.8 Å². The highest BCUT2D eigenvalue weighted by Crippen LogP contribution is 2.26. The lowest BCUT2D eigenvalue weighted by atomic mass is 9.95. The highest BCUT2D eigenvalue weighted by molar-refractivity contribution is 5.94. The molecule has 1 aliphatic rings. The van der Waals surface area contributed by atoms with E-state index in [0.717, 1.165) is 48.7 Å². The van der Waals surface area contributed by atoms with E-state index in [-0.39, 0.29) is 17.7 Å². The fourth-order valence-electron chi connectivity index (χ4n) is 4.51. The lowest BCUT2D eigenvalue weighted by Gasteiger charge is -2.31. The van der Waals surface area contributed by atoms with Gasteiger partial charge in [0.2, 0.25) is 11.8 Å². The maximum atomic E-state index is 12.7. The highest BCUT2D eigenvalue weighted by atomic mass is 16.5. The number of hydrogen-bond acceptors (Lipinski definition) is 5. The summed E-state index contributed by atoms with van der Waals surface area (Å²) in [5.41, 5.74) is 4.13.